The molecule has 4 nitrogen and oxygen atoms in total. The van der Waals surface area contributed by atoms with Crippen LogP contribution in [0.15, 0.2) is 24.4 Å². The quantitative estimate of drug-likeness (QED) is 0.758. The van der Waals surface area contributed by atoms with E-state index in [2.05, 4.69) is 40.1 Å². The Balaban J connectivity index is 1.75. The molecule has 0 atom stereocenters. The Bertz CT molecular complexity index is 782. The fourth-order valence-corrected chi connectivity index (χ4v) is 3.65. The summed E-state index contributed by atoms with van der Waals surface area (Å²) in [5, 5.41) is 0.979. The summed E-state index contributed by atoms with van der Waals surface area (Å²) in [5.74, 6) is 0.897. The average molecular weight is 284 g/mol. The summed E-state index contributed by atoms with van der Waals surface area (Å²) in [6, 6.07) is 6.33. The van der Waals surface area contributed by atoms with Crippen molar-refractivity contribution in [2.75, 3.05) is 0 Å². The van der Waals surface area contributed by atoms with E-state index in [1.54, 1.807) is 11.3 Å². The van der Waals surface area contributed by atoms with Gasteiger partial charge in [0.05, 0.1) is 27.6 Å². The number of benzene rings is 1. The van der Waals surface area contributed by atoms with Crippen LogP contribution in [0, 0.1) is 6.92 Å². The van der Waals surface area contributed by atoms with E-state index >= 15 is 0 Å². The second kappa shape index (κ2) is 4.14. The summed E-state index contributed by atoms with van der Waals surface area (Å²) in [6.07, 6.45) is 5.07. The Kier molecular flexibility index (Phi) is 2.49. The number of H-pyrrole nitrogens is 1. The van der Waals surface area contributed by atoms with Gasteiger partial charge in [0, 0.05) is 0 Å². The first kappa shape index (κ1) is 12.1. The molecule has 102 valence electrons. The number of fused-ring (bicyclic) bond motifs is 1. The summed E-state index contributed by atoms with van der Waals surface area (Å²) in [7, 11) is 0. The second-order valence-electron chi connectivity index (χ2n) is 5.65. The fourth-order valence-electron chi connectivity index (χ4n) is 2.62. The lowest BCUT2D eigenvalue weighted by molar-refractivity contribution is 0.240. The lowest BCUT2D eigenvalue weighted by Gasteiger charge is -2.35. The molecule has 0 radical (unpaired) electrons. The van der Waals surface area contributed by atoms with E-state index in [9.17, 15) is 0 Å². The van der Waals surface area contributed by atoms with Crippen molar-refractivity contribution in [3.63, 3.8) is 0 Å². The van der Waals surface area contributed by atoms with Crippen molar-refractivity contribution in [2.45, 2.75) is 31.7 Å². The predicted molar refractivity (Wildman–Crippen MR) is 81.7 cm³/mol. The Hall–Kier alpha value is -1.72. The van der Waals surface area contributed by atoms with Gasteiger partial charge < -0.3 is 10.7 Å². The Morgan fingerprint density at radius 2 is 2.20 bits per heavy atom. The van der Waals surface area contributed by atoms with Crippen LogP contribution in [0.1, 0.15) is 30.7 Å². The van der Waals surface area contributed by atoms with Crippen LogP contribution in [0.4, 0.5) is 0 Å². The molecule has 0 bridgehead atoms. The van der Waals surface area contributed by atoms with Crippen molar-refractivity contribution in [1.29, 1.82) is 0 Å². The average Bonchev–Trinajstić information content (AvgIpc) is 3.01. The standard InChI is InChI=1S/C15H16N4S/c1-9-3-4-10-12(7-9)20-13(18-10)11-8-17-14(19-11)15(16)5-2-6-15/h3-4,7-8H,2,5-6,16H2,1H3,(H,17,19). The highest BCUT2D eigenvalue weighted by Crippen LogP contribution is 2.38. The molecule has 1 aliphatic rings. The smallest absolute Gasteiger partial charge is 0.142 e. The number of imidazole rings is 1. The van der Waals surface area contributed by atoms with Crippen LogP contribution in [-0.2, 0) is 5.54 Å². The van der Waals surface area contributed by atoms with E-state index < -0.39 is 0 Å². The second-order valence-corrected chi connectivity index (χ2v) is 6.68. The molecule has 5 heteroatoms. The van der Waals surface area contributed by atoms with Gasteiger partial charge in [0.15, 0.2) is 0 Å². The number of aromatic nitrogens is 3. The summed E-state index contributed by atoms with van der Waals surface area (Å²) < 4.78 is 1.21. The topological polar surface area (TPSA) is 67.6 Å². The van der Waals surface area contributed by atoms with Crippen LogP contribution in [0.25, 0.3) is 20.9 Å². The molecular weight excluding hydrogens is 268 g/mol. The molecule has 2 aromatic heterocycles. The predicted octanol–water partition coefficient (Wildman–Crippen LogP) is 3.33. The largest absolute Gasteiger partial charge is 0.338 e. The van der Waals surface area contributed by atoms with E-state index in [4.69, 9.17) is 5.73 Å². The minimum absolute atomic E-state index is 0.245. The summed E-state index contributed by atoms with van der Waals surface area (Å²) in [6.45, 7) is 2.10. The Morgan fingerprint density at radius 3 is 2.95 bits per heavy atom. The lowest BCUT2D eigenvalue weighted by Crippen LogP contribution is -2.44. The van der Waals surface area contributed by atoms with Crippen LogP contribution >= 0.6 is 11.3 Å². The van der Waals surface area contributed by atoms with Crippen molar-refractivity contribution in [2.24, 2.45) is 5.73 Å². The zero-order chi connectivity index (χ0) is 13.7. The minimum Gasteiger partial charge on any atom is -0.338 e. The van der Waals surface area contributed by atoms with E-state index in [1.165, 1.54) is 16.7 Å². The third-order valence-electron chi connectivity index (χ3n) is 4.07. The first-order valence-corrected chi connectivity index (χ1v) is 7.68. The van der Waals surface area contributed by atoms with Crippen LogP contribution in [0.3, 0.4) is 0 Å². The first-order chi connectivity index (χ1) is 9.64. The van der Waals surface area contributed by atoms with Gasteiger partial charge in [-0.05, 0) is 43.9 Å². The van der Waals surface area contributed by atoms with Crippen molar-refractivity contribution in [1.82, 2.24) is 15.0 Å². The van der Waals surface area contributed by atoms with E-state index in [0.717, 1.165) is 34.9 Å². The van der Waals surface area contributed by atoms with Gasteiger partial charge in [0.25, 0.3) is 0 Å². The maximum atomic E-state index is 6.30. The van der Waals surface area contributed by atoms with Crippen LogP contribution in [0.2, 0.25) is 0 Å². The third kappa shape index (κ3) is 1.77. The molecule has 0 saturated heterocycles. The van der Waals surface area contributed by atoms with E-state index in [-0.39, 0.29) is 5.54 Å². The first-order valence-electron chi connectivity index (χ1n) is 6.86. The van der Waals surface area contributed by atoms with E-state index in [0.29, 0.717) is 0 Å². The van der Waals surface area contributed by atoms with Crippen molar-refractivity contribution in [3.05, 3.63) is 35.8 Å². The minimum atomic E-state index is -0.245. The molecule has 1 fully saturated rings. The molecule has 20 heavy (non-hydrogen) atoms. The molecule has 0 spiro atoms. The van der Waals surface area contributed by atoms with Gasteiger partial charge in [-0.1, -0.05) is 6.07 Å². The SMILES string of the molecule is Cc1ccc2nc(-c3cnc(C4(N)CCC4)[nH]3)sc2c1. The molecule has 3 aromatic rings. The number of aromatic amines is 1. The number of thiazole rings is 1. The van der Waals surface area contributed by atoms with Crippen LogP contribution in [0.5, 0.6) is 0 Å². The number of nitrogens with two attached hydrogens (primary N) is 1. The molecule has 1 aliphatic carbocycles. The normalized spacial score (nSPS) is 17.3. The zero-order valence-corrected chi connectivity index (χ0v) is 12.1. The lowest BCUT2D eigenvalue weighted by atomic mass is 9.77. The van der Waals surface area contributed by atoms with Gasteiger partial charge in [0.2, 0.25) is 0 Å². The number of hydrogen-bond acceptors (Lipinski definition) is 4. The number of nitrogens with one attached hydrogen (secondary N) is 1. The third-order valence-corrected chi connectivity index (χ3v) is 5.12. The highest BCUT2D eigenvalue weighted by molar-refractivity contribution is 7.21. The van der Waals surface area contributed by atoms with Gasteiger partial charge in [-0.15, -0.1) is 11.3 Å². The van der Waals surface area contributed by atoms with Crippen LogP contribution in [-0.4, -0.2) is 15.0 Å². The number of aryl methyl sites for hydroxylation is 1. The number of rotatable bonds is 2. The monoisotopic (exact) mass is 284 g/mol. The molecule has 0 aliphatic heterocycles. The molecule has 1 aromatic carbocycles. The van der Waals surface area contributed by atoms with Gasteiger partial charge in [0.1, 0.15) is 10.8 Å². The summed E-state index contributed by atoms with van der Waals surface area (Å²) >= 11 is 1.69. The van der Waals surface area contributed by atoms with E-state index in [1.807, 2.05) is 6.20 Å². The molecule has 4 rings (SSSR count). The Morgan fingerprint density at radius 1 is 1.35 bits per heavy atom. The summed E-state index contributed by atoms with van der Waals surface area (Å²) in [4.78, 5) is 12.5. The number of hydrogen-bond donors (Lipinski definition) is 2. The van der Waals surface area contributed by atoms with Gasteiger partial charge in [-0.3, -0.25) is 0 Å². The molecule has 1 saturated carbocycles. The Labute approximate surface area is 121 Å². The fraction of sp³-hybridized carbons (Fsp3) is 0.333. The maximum Gasteiger partial charge on any atom is 0.142 e. The highest BCUT2D eigenvalue weighted by Gasteiger charge is 2.37. The van der Waals surface area contributed by atoms with Crippen molar-refractivity contribution >= 4 is 21.6 Å². The molecule has 0 amide bonds. The van der Waals surface area contributed by atoms with Gasteiger partial charge in [-0.25, -0.2) is 9.97 Å². The molecule has 3 N–H and O–H groups in total. The van der Waals surface area contributed by atoms with Gasteiger partial charge in [-0.2, -0.15) is 0 Å². The highest BCUT2D eigenvalue weighted by atomic mass is 32.1. The molecule has 2 heterocycles. The molecular formula is C15H16N4S. The molecule has 0 unspecified atom stereocenters. The van der Waals surface area contributed by atoms with Crippen LogP contribution < -0.4 is 5.73 Å². The zero-order valence-electron chi connectivity index (χ0n) is 11.3. The summed E-state index contributed by atoms with van der Waals surface area (Å²) in [5.41, 5.74) is 9.32. The van der Waals surface area contributed by atoms with Crippen molar-refractivity contribution in [3.8, 4) is 10.7 Å². The van der Waals surface area contributed by atoms with Crippen molar-refractivity contribution < 1.29 is 0 Å². The van der Waals surface area contributed by atoms with Gasteiger partial charge >= 0.3 is 0 Å². The maximum absolute atomic E-state index is 6.30. The number of nitrogens with zero attached hydrogens (tertiary/aromatic N) is 2.